The molecular formula is C14H16FN5O3S. The van der Waals surface area contributed by atoms with Crippen molar-refractivity contribution in [1.29, 1.82) is 0 Å². The number of hydrogen-bond donors (Lipinski definition) is 4. The molecule has 8 nitrogen and oxygen atoms in total. The molecule has 0 spiro atoms. The number of amides is 1. The van der Waals surface area contributed by atoms with E-state index in [2.05, 4.69) is 21.2 Å². The molecule has 1 amide bonds. The number of hydrogen-bond acceptors (Lipinski definition) is 8. The second-order valence-corrected chi connectivity index (χ2v) is 5.85. The van der Waals surface area contributed by atoms with Crippen molar-refractivity contribution in [2.45, 2.75) is 6.10 Å². The number of aromatic nitrogens is 1. The molecular weight excluding hydrogens is 337 g/mol. The van der Waals surface area contributed by atoms with Crippen molar-refractivity contribution in [2.24, 2.45) is 0 Å². The topological polar surface area (TPSA) is 98.8 Å². The van der Waals surface area contributed by atoms with E-state index in [1.165, 1.54) is 28.4 Å². The number of nitrogens with one attached hydrogen (secondary N) is 3. The Morgan fingerprint density at radius 3 is 3.04 bits per heavy atom. The predicted molar refractivity (Wildman–Crippen MR) is 88.5 cm³/mol. The van der Waals surface area contributed by atoms with E-state index in [0.29, 0.717) is 16.5 Å². The van der Waals surface area contributed by atoms with Gasteiger partial charge >= 0.3 is 6.09 Å². The minimum Gasteiger partial charge on any atom is -0.441 e. The van der Waals surface area contributed by atoms with Gasteiger partial charge in [0.05, 0.1) is 31.2 Å². The van der Waals surface area contributed by atoms with Gasteiger partial charge in [-0.15, -0.1) is 11.3 Å². The van der Waals surface area contributed by atoms with Crippen LogP contribution in [0.5, 0.6) is 0 Å². The maximum absolute atomic E-state index is 14.2. The van der Waals surface area contributed by atoms with Crippen LogP contribution >= 0.6 is 11.3 Å². The van der Waals surface area contributed by atoms with Gasteiger partial charge in [-0.05, 0) is 18.2 Å². The highest BCUT2D eigenvalue weighted by atomic mass is 32.1. The van der Waals surface area contributed by atoms with Crippen molar-refractivity contribution >= 4 is 33.9 Å². The lowest BCUT2D eigenvalue weighted by atomic mass is 10.2. The molecule has 128 valence electrons. The predicted octanol–water partition coefficient (Wildman–Crippen LogP) is 1.59. The van der Waals surface area contributed by atoms with Gasteiger partial charge in [0.25, 0.3) is 0 Å². The molecule has 1 fully saturated rings. The molecule has 24 heavy (non-hydrogen) atoms. The summed E-state index contributed by atoms with van der Waals surface area (Å²) in [5.41, 5.74) is 6.40. The van der Waals surface area contributed by atoms with Crippen LogP contribution in [0.4, 0.5) is 25.7 Å². The van der Waals surface area contributed by atoms with E-state index in [1.54, 1.807) is 12.3 Å². The van der Waals surface area contributed by atoms with Gasteiger partial charge in [0.15, 0.2) is 5.13 Å². The minimum atomic E-state index is -0.594. The molecule has 1 saturated heterocycles. The number of thiazole rings is 1. The maximum Gasteiger partial charge on any atom is 0.414 e. The van der Waals surface area contributed by atoms with E-state index in [1.807, 2.05) is 5.38 Å². The lowest BCUT2D eigenvalue weighted by molar-refractivity contribution is 0.0963. The third-order valence-electron chi connectivity index (χ3n) is 3.34. The van der Waals surface area contributed by atoms with Gasteiger partial charge in [-0.3, -0.25) is 10.3 Å². The summed E-state index contributed by atoms with van der Waals surface area (Å²) in [5, 5.41) is 14.5. The SMILES string of the molecule is O=C1O[C@@H](CO)CN1c1ccc(NCNNc2nccs2)c(F)c1. The third kappa shape index (κ3) is 3.72. The summed E-state index contributed by atoms with van der Waals surface area (Å²) in [6, 6.07) is 4.40. The van der Waals surface area contributed by atoms with Crippen molar-refractivity contribution in [3.8, 4) is 0 Å². The van der Waals surface area contributed by atoms with Crippen molar-refractivity contribution in [3.05, 3.63) is 35.6 Å². The standard InChI is InChI=1S/C14H16FN5O3S/c15-11-5-9(20-6-10(7-21)23-14(20)22)1-2-12(11)17-8-18-19-13-16-3-4-24-13/h1-5,10,17-18,21H,6-8H2,(H,16,19)/t10-/m1/s1. The van der Waals surface area contributed by atoms with Crippen LogP contribution < -0.4 is 21.1 Å². The molecule has 0 saturated carbocycles. The molecule has 1 aromatic carbocycles. The Balaban J connectivity index is 1.55. The Hall–Kier alpha value is -2.43. The number of hydrazine groups is 1. The third-order valence-corrected chi connectivity index (χ3v) is 4.03. The second-order valence-electron chi connectivity index (χ2n) is 4.96. The van der Waals surface area contributed by atoms with Gasteiger partial charge in [-0.2, -0.15) is 0 Å². The normalized spacial score (nSPS) is 17.0. The molecule has 1 aliphatic rings. The van der Waals surface area contributed by atoms with E-state index in [0.717, 1.165) is 0 Å². The van der Waals surface area contributed by atoms with Gasteiger partial charge < -0.3 is 15.2 Å². The highest BCUT2D eigenvalue weighted by molar-refractivity contribution is 7.13. The molecule has 0 aliphatic carbocycles. The number of anilines is 3. The van der Waals surface area contributed by atoms with Gasteiger partial charge in [-0.1, -0.05) is 0 Å². The number of nitrogens with zero attached hydrogens (tertiary/aromatic N) is 2. The van der Waals surface area contributed by atoms with E-state index < -0.39 is 18.0 Å². The van der Waals surface area contributed by atoms with Crippen LogP contribution in [0.3, 0.4) is 0 Å². The fourth-order valence-electron chi connectivity index (χ4n) is 2.19. The summed E-state index contributed by atoms with van der Waals surface area (Å²) >= 11 is 1.44. The summed E-state index contributed by atoms with van der Waals surface area (Å²) < 4.78 is 19.1. The summed E-state index contributed by atoms with van der Waals surface area (Å²) in [4.78, 5) is 17.0. The van der Waals surface area contributed by atoms with Crippen molar-refractivity contribution in [3.63, 3.8) is 0 Å². The summed E-state index contributed by atoms with van der Waals surface area (Å²) in [6.45, 7) is 0.206. The quantitative estimate of drug-likeness (QED) is 0.341. The molecule has 3 rings (SSSR count). The number of cyclic esters (lactones) is 1. The van der Waals surface area contributed by atoms with E-state index in [-0.39, 0.29) is 19.8 Å². The zero-order chi connectivity index (χ0) is 16.9. The average molecular weight is 353 g/mol. The van der Waals surface area contributed by atoms with Crippen LogP contribution in [0.2, 0.25) is 0 Å². The Morgan fingerprint density at radius 2 is 2.38 bits per heavy atom. The van der Waals surface area contributed by atoms with Gasteiger partial charge in [-0.25, -0.2) is 19.6 Å². The minimum absolute atomic E-state index is 0.195. The molecule has 1 aliphatic heterocycles. The first-order valence-corrected chi connectivity index (χ1v) is 8.06. The molecule has 1 aromatic heterocycles. The van der Waals surface area contributed by atoms with Gasteiger partial charge in [0.1, 0.15) is 11.9 Å². The highest BCUT2D eigenvalue weighted by Gasteiger charge is 2.32. The number of carbonyl (C=O) groups excluding carboxylic acids is 1. The van der Waals surface area contributed by atoms with Crippen LogP contribution in [0.1, 0.15) is 0 Å². The number of benzene rings is 1. The molecule has 2 heterocycles. The van der Waals surface area contributed by atoms with Crippen LogP contribution in [0.25, 0.3) is 0 Å². The Morgan fingerprint density at radius 1 is 1.50 bits per heavy atom. The zero-order valence-electron chi connectivity index (χ0n) is 12.5. The summed E-state index contributed by atoms with van der Waals surface area (Å²) in [7, 11) is 0. The van der Waals surface area contributed by atoms with E-state index in [9.17, 15) is 9.18 Å². The number of carbonyl (C=O) groups is 1. The summed E-state index contributed by atoms with van der Waals surface area (Å²) in [6.07, 6.45) is 0.494. The van der Waals surface area contributed by atoms with Crippen molar-refractivity contribution < 1.29 is 19.0 Å². The molecule has 1 atom stereocenters. The molecule has 4 N–H and O–H groups in total. The lowest BCUT2D eigenvalue weighted by Crippen LogP contribution is -2.28. The number of rotatable bonds is 7. The number of aliphatic hydroxyl groups is 1. The first-order chi connectivity index (χ1) is 11.7. The zero-order valence-corrected chi connectivity index (χ0v) is 13.3. The summed E-state index contributed by atoms with van der Waals surface area (Å²) in [5.74, 6) is -0.496. The van der Waals surface area contributed by atoms with Crippen LogP contribution in [0.15, 0.2) is 29.8 Å². The van der Waals surface area contributed by atoms with Crippen LogP contribution in [-0.2, 0) is 4.74 Å². The fraction of sp³-hybridized carbons (Fsp3) is 0.286. The van der Waals surface area contributed by atoms with Crippen molar-refractivity contribution in [2.75, 3.05) is 35.5 Å². The first kappa shape index (κ1) is 16.4. The Kier molecular flexibility index (Phi) is 5.08. The monoisotopic (exact) mass is 353 g/mol. The number of aliphatic hydroxyl groups excluding tert-OH is 1. The fourth-order valence-corrected chi connectivity index (χ4v) is 2.69. The largest absolute Gasteiger partial charge is 0.441 e. The average Bonchev–Trinajstić information content (AvgIpc) is 3.22. The molecule has 2 aromatic rings. The Bertz CT molecular complexity index is 700. The van der Waals surface area contributed by atoms with E-state index in [4.69, 9.17) is 9.84 Å². The Labute approximate surface area is 141 Å². The highest BCUT2D eigenvalue weighted by Crippen LogP contribution is 2.25. The van der Waals surface area contributed by atoms with E-state index >= 15 is 0 Å². The van der Waals surface area contributed by atoms with Crippen LogP contribution in [-0.4, -0.2) is 42.1 Å². The molecule has 0 bridgehead atoms. The molecule has 0 unspecified atom stereocenters. The van der Waals surface area contributed by atoms with Crippen molar-refractivity contribution in [1.82, 2.24) is 10.4 Å². The smallest absolute Gasteiger partial charge is 0.414 e. The maximum atomic E-state index is 14.2. The second kappa shape index (κ2) is 7.43. The molecule has 0 radical (unpaired) electrons. The number of halogens is 1. The van der Waals surface area contributed by atoms with Crippen LogP contribution in [0, 0.1) is 5.82 Å². The number of ether oxygens (including phenoxy) is 1. The first-order valence-electron chi connectivity index (χ1n) is 7.18. The molecule has 10 heteroatoms. The van der Waals surface area contributed by atoms with Gasteiger partial charge in [0.2, 0.25) is 0 Å². The lowest BCUT2D eigenvalue weighted by Gasteiger charge is -2.15. The van der Waals surface area contributed by atoms with Gasteiger partial charge in [0, 0.05) is 11.6 Å².